The van der Waals surface area contributed by atoms with Gasteiger partial charge in [0.2, 0.25) is 0 Å². The molecule has 5 nitrogen and oxygen atoms in total. The summed E-state index contributed by atoms with van der Waals surface area (Å²) in [6.45, 7) is 0. The molecule has 0 fully saturated rings. The normalized spacial score (nSPS) is 10.4. The van der Waals surface area contributed by atoms with Gasteiger partial charge in [-0.25, -0.2) is 4.98 Å². The lowest BCUT2D eigenvalue weighted by molar-refractivity contribution is 0.0996. The van der Waals surface area contributed by atoms with Gasteiger partial charge in [-0.15, -0.1) is 11.3 Å². The van der Waals surface area contributed by atoms with Crippen molar-refractivity contribution < 1.29 is 4.79 Å². The van der Waals surface area contributed by atoms with E-state index in [1.807, 2.05) is 7.05 Å². The largest absolute Gasteiger partial charge is 0.308 e. The number of amides is 1. The Bertz CT molecular complexity index is 521. The molecule has 84 valence electrons. The minimum atomic E-state index is -0.0950. The third kappa shape index (κ3) is 2.00. The van der Waals surface area contributed by atoms with Crippen molar-refractivity contribution >= 4 is 38.9 Å². The number of rotatable bonds is 2. The number of nitrogens with zero attached hydrogens (tertiary/aromatic N) is 4. The molecule has 0 aliphatic heterocycles. The third-order valence-corrected chi connectivity index (χ3v) is 3.78. The number of carbonyl (C=O) groups is 1. The molecule has 0 bridgehead atoms. The van der Waals surface area contributed by atoms with Crippen molar-refractivity contribution in [2.45, 2.75) is 0 Å². The highest BCUT2D eigenvalue weighted by molar-refractivity contribution is 9.10. The molecule has 0 aliphatic rings. The first-order valence-corrected chi connectivity index (χ1v) is 6.12. The molecule has 0 aliphatic carbocycles. The highest BCUT2D eigenvalue weighted by Gasteiger charge is 2.19. The van der Waals surface area contributed by atoms with Crippen LogP contribution in [0.3, 0.4) is 0 Å². The summed E-state index contributed by atoms with van der Waals surface area (Å²) < 4.78 is 2.24. The van der Waals surface area contributed by atoms with Crippen molar-refractivity contribution in [2.24, 2.45) is 7.05 Å². The van der Waals surface area contributed by atoms with Crippen LogP contribution in [0.2, 0.25) is 0 Å². The van der Waals surface area contributed by atoms with Crippen molar-refractivity contribution in [3.8, 4) is 0 Å². The molecule has 2 aromatic heterocycles. The van der Waals surface area contributed by atoms with Gasteiger partial charge < -0.3 is 4.90 Å². The Morgan fingerprint density at radius 2 is 2.38 bits per heavy atom. The molecule has 0 unspecified atom stereocenters. The molecular formula is C9H9BrN4OS. The average molecular weight is 301 g/mol. The van der Waals surface area contributed by atoms with E-state index in [2.05, 4.69) is 26.0 Å². The van der Waals surface area contributed by atoms with Gasteiger partial charge in [-0.3, -0.25) is 9.48 Å². The van der Waals surface area contributed by atoms with E-state index < -0.39 is 0 Å². The van der Waals surface area contributed by atoms with Crippen molar-refractivity contribution in [2.75, 3.05) is 11.9 Å². The lowest BCUT2D eigenvalue weighted by atomic mass is 10.4. The lowest BCUT2D eigenvalue weighted by Gasteiger charge is -2.13. The van der Waals surface area contributed by atoms with Gasteiger partial charge in [0.05, 0.1) is 17.4 Å². The van der Waals surface area contributed by atoms with Gasteiger partial charge in [0.1, 0.15) is 9.48 Å². The van der Waals surface area contributed by atoms with Gasteiger partial charge in [0, 0.05) is 20.3 Å². The Morgan fingerprint density at radius 1 is 1.62 bits per heavy atom. The summed E-state index contributed by atoms with van der Waals surface area (Å²) in [6, 6.07) is 0. The Hall–Kier alpha value is -1.21. The van der Waals surface area contributed by atoms with Gasteiger partial charge >= 0.3 is 0 Å². The van der Waals surface area contributed by atoms with Crippen LogP contribution in [0.5, 0.6) is 0 Å². The minimum absolute atomic E-state index is 0.0950. The molecule has 7 heteroatoms. The third-order valence-electron chi connectivity index (χ3n) is 2.10. The molecular weight excluding hydrogens is 292 g/mol. The maximum absolute atomic E-state index is 12.1. The summed E-state index contributed by atoms with van der Waals surface area (Å²) >= 11 is 4.55. The van der Waals surface area contributed by atoms with E-state index in [9.17, 15) is 4.79 Å². The zero-order chi connectivity index (χ0) is 11.7. The number of carbonyl (C=O) groups excluding carboxylic acids is 1. The first kappa shape index (κ1) is 11.3. The van der Waals surface area contributed by atoms with E-state index in [1.165, 1.54) is 11.3 Å². The van der Waals surface area contributed by atoms with Crippen molar-refractivity contribution in [1.82, 2.24) is 14.8 Å². The number of thiazole rings is 1. The van der Waals surface area contributed by atoms with Crippen LogP contribution in [0, 0.1) is 0 Å². The first-order valence-electron chi connectivity index (χ1n) is 4.45. The molecule has 0 spiro atoms. The van der Waals surface area contributed by atoms with Crippen LogP contribution in [-0.2, 0) is 7.05 Å². The molecule has 16 heavy (non-hydrogen) atoms. The second-order valence-electron chi connectivity index (χ2n) is 3.21. The van der Waals surface area contributed by atoms with Gasteiger partial charge in [-0.1, -0.05) is 0 Å². The molecule has 1 amide bonds. The summed E-state index contributed by atoms with van der Waals surface area (Å²) in [5.41, 5.74) is 2.39. The van der Waals surface area contributed by atoms with E-state index in [0.29, 0.717) is 9.48 Å². The summed E-state index contributed by atoms with van der Waals surface area (Å²) in [4.78, 5) is 18.2. The first-order chi connectivity index (χ1) is 7.59. The fourth-order valence-electron chi connectivity index (χ4n) is 1.22. The second-order valence-corrected chi connectivity index (χ2v) is 4.81. The number of hydrogen-bond donors (Lipinski definition) is 0. The van der Waals surface area contributed by atoms with E-state index in [-0.39, 0.29) is 5.91 Å². The number of anilines is 1. The van der Waals surface area contributed by atoms with Crippen molar-refractivity contribution in [3.05, 3.63) is 27.4 Å². The maximum atomic E-state index is 12.1. The predicted molar refractivity (Wildman–Crippen MR) is 65.8 cm³/mol. The molecule has 0 atom stereocenters. The topological polar surface area (TPSA) is 51.0 Å². The van der Waals surface area contributed by atoms with Crippen LogP contribution >= 0.6 is 27.3 Å². The highest BCUT2D eigenvalue weighted by Crippen LogP contribution is 2.23. The van der Waals surface area contributed by atoms with E-state index in [1.54, 1.807) is 34.5 Å². The van der Waals surface area contributed by atoms with E-state index >= 15 is 0 Å². The molecule has 2 heterocycles. The molecule has 0 saturated heterocycles. The quantitative estimate of drug-likeness (QED) is 0.851. The fourth-order valence-corrected chi connectivity index (χ4v) is 2.56. The van der Waals surface area contributed by atoms with Crippen molar-refractivity contribution in [3.63, 3.8) is 0 Å². The average Bonchev–Trinajstić information content (AvgIpc) is 2.85. The monoisotopic (exact) mass is 300 g/mol. The SMILES string of the molecule is CN(C(=O)c1scnc1Br)c1cnn(C)c1. The van der Waals surface area contributed by atoms with Crippen LogP contribution in [0.1, 0.15) is 9.67 Å². The fraction of sp³-hybridized carbons (Fsp3) is 0.222. The smallest absolute Gasteiger partial charge is 0.271 e. The number of aromatic nitrogens is 3. The molecule has 2 rings (SSSR count). The Kier molecular flexibility index (Phi) is 3.06. The summed E-state index contributed by atoms with van der Waals surface area (Å²) in [5.74, 6) is -0.0950. The molecule has 0 radical (unpaired) electrons. The molecule has 0 aromatic carbocycles. The molecule has 0 N–H and O–H groups in total. The van der Waals surface area contributed by atoms with Gasteiger partial charge in [0.25, 0.3) is 5.91 Å². The second kappa shape index (κ2) is 4.34. The lowest BCUT2D eigenvalue weighted by Crippen LogP contribution is -2.25. The van der Waals surface area contributed by atoms with Gasteiger partial charge in [-0.2, -0.15) is 5.10 Å². The number of aryl methyl sites for hydroxylation is 1. The van der Waals surface area contributed by atoms with Crippen molar-refractivity contribution in [1.29, 1.82) is 0 Å². The van der Waals surface area contributed by atoms with Crippen LogP contribution < -0.4 is 4.90 Å². The van der Waals surface area contributed by atoms with Crippen LogP contribution in [0.15, 0.2) is 22.5 Å². The van der Waals surface area contributed by atoms with E-state index in [4.69, 9.17) is 0 Å². The van der Waals surface area contributed by atoms with Gasteiger partial charge in [-0.05, 0) is 15.9 Å². The minimum Gasteiger partial charge on any atom is -0.308 e. The standard InChI is InChI=1S/C9H9BrN4OS/c1-13-4-6(3-12-13)14(2)9(15)7-8(10)11-5-16-7/h3-5H,1-2H3. The van der Waals surface area contributed by atoms with E-state index in [0.717, 1.165) is 5.69 Å². The Labute approximate surface area is 105 Å². The zero-order valence-corrected chi connectivity index (χ0v) is 11.1. The predicted octanol–water partition coefficient (Wildman–Crippen LogP) is 1.92. The van der Waals surface area contributed by atoms with Gasteiger partial charge in [0.15, 0.2) is 0 Å². The summed E-state index contributed by atoms with van der Waals surface area (Å²) in [5, 5.41) is 4.02. The Balaban J connectivity index is 2.26. The Morgan fingerprint density at radius 3 is 2.88 bits per heavy atom. The van der Waals surface area contributed by atoms with Crippen LogP contribution in [0.4, 0.5) is 5.69 Å². The zero-order valence-electron chi connectivity index (χ0n) is 8.72. The summed E-state index contributed by atoms with van der Waals surface area (Å²) in [7, 11) is 3.52. The number of halogens is 1. The molecule has 2 aromatic rings. The molecule has 0 saturated carbocycles. The number of hydrogen-bond acceptors (Lipinski definition) is 4. The highest BCUT2D eigenvalue weighted by atomic mass is 79.9. The summed E-state index contributed by atoms with van der Waals surface area (Å²) in [6.07, 6.45) is 3.43. The van der Waals surface area contributed by atoms with Crippen LogP contribution in [0.25, 0.3) is 0 Å². The maximum Gasteiger partial charge on any atom is 0.271 e. The van der Waals surface area contributed by atoms with Crippen LogP contribution in [-0.4, -0.2) is 27.7 Å².